The van der Waals surface area contributed by atoms with Crippen LogP contribution in [0.3, 0.4) is 0 Å². The minimum Gasteiger partial charge on any atom is -0.394 e. The Bertz CT molecular complexity index is 424. The van der Waals surface area contributed by atoms with Crippen LogP contribution in [0.2, 0.25) is 0 Å². The van der Waals surface area contributed by atoms with E-state index in [0.29, 0.717) is 0 Å². The van der Waals surface area contributed by atoms with Crippen molar-refractivity contribution in [1.29, 1.82) is 0 Å². The summed E-state index contributed by atoms with van der Waals surface area (Å²) in [7, 11) is 0. The van der Waals surface area contributed by atoms with Crippen molar-refractivity contribution < 1.29 is 5.11 Å². The molecule has 2 atom stereocenters. The minimum absolute atomic E-state index is 0.0219. The van der Waals surface area contributed by atoms with Crippen LogP contribution < -0.4 is 5.32 Å². The highest BCUT2D eigenvalue weighted by atomic mass is 16.3. The van der Waals surface area contributed by atoms with E-state index >= 15 is 0 Å². The largest absolute Gasteiger partial charge is 0.394 e. The second-order valence-corrected chi connectivity index (χ2v) is 4.68. The Labute approximate surface area is 115 Å². The molecule has 0 spiro atoms. The zero-order chi connectivity index (χ0) is 13.5. The van der Waals surface area contributed by atoms with Crippen molar-refractivity contribution in [1.82, 2.24) is 5.32 Å². The Hall–Kier alpha value is -1.64. The van der Waals surface area contributed by atoms with E-state index in [1.807, 2.05) is 36.4 Å². The number of nitrogens with one attached hydrogen (secondary N) is 1. The molecule has 2 aromatic rings. The highest BCUT2D eigenvalue weighted by molar-refractivity contribution is 5.22. The lowest BCUT2D eigenvalue weighted by Crippen LogP contribution is -2.28. The summed E-state index contributed by atoms with van der Waals surface area (Å²) in [4.78, 5) is 0. The number of hydrogen-bond donors (Lipinski definition) is 2. The van der Waals surface area contributed by atoms with Crippen LogP contribution in [0.1, 0.15) is 36.6 Å². The molecule has 0 aliphatic heterocycles. The number of hydrogen-bond acceptors (Lipinski definition) is 2. The average molecular weight is 255 g/mol. The fraction of sp³-hybridized carbons (Fsp3) is 0.294. The van der Waals surface area contributed by atoms with Crippen LogP contribution in [-0.4, -0.2) is 11.7 Å². The molecule has 0 radical (unpaired) electrons. The van der Waals surface area contributed by atoms with Crippen LogP contribution in [0.4, 0.5) is 0 Å². The standard InChI is InChI=1S/C17H21NO/c1-2-16(14-9-5-3-6-10-14)18-17(13-19)15-11-7-4-8-12-15/h3-12,16-19H,2,13H2,1H3. The minimum atomic E-state index is -0.0219. The van der Waals surface area contributed by atoms with Gasteiger partial charge in [-0.3, -0.25) is 0 Å². The molecule has 2 nitrogen and oxygen atoms in total. The zero-order valence-corrected chi connectivity index (χ0v) is 11.3. The summed E-state index contributed by atoms with van der Waals surface area (Å²) >= 11 is 0. The molecule has 2 aromatic carbocycles. The second kappa shape index (κ2) is 7.07. The van der Waals surface area contributed by atoms with Crippen LogP contribution in [0.5, 0.6) is 0 Å². The maximum absolute atomic E-state index is 9.61. The molecule has 19 heavy (non-hydrogen) atoms. The Balaban J connectivity index is 2.13. The van der Waals surface area contributed by atoms with Crippen LogP contribution >= 0.6 is 0 Å². The molecular weight excluding hydrogens is 234 g/mol. The van der Waals surface area contributed by atoms with Crippen molar-refractivity contribution in [3.8, 4) is 0 Å². The lowest BCUT2D eigenvalue weighted by atomic mass is 10.0. The molecule has 0 amide bonds. The fourth-order valence-corrected chi connectivity index (χ4v) is 2.32. The molecule has 2 unspecified atom stereocenters. The Morgan fingerprint density at radius 1 is 0.842 bits per heavy atom. The predicted octanol–water partition coefficient (Wildman–Crippen LogP) is 3.46. The molecule has 0 aliphatic rings. The molecule has 2 rings (SSSR count). The van der Waals surface area contributed by atoms with Crippen molar-refractivity contribution in [2.75, 3.05) is 6.61 Å². The van der Waals surface area contributed by atoms with Gasteiger partial charge < -0.3 is 10.4 Å². The number of rotatable bonds is 6. The summed E-state index contributed by atoms with van der Waals surface area (Å²) in [6, 6.07) is 20.7. The lowest BCUT2D eigenvalue weighted by Gasteiger charge is -2.24. The Morgan fingerprint density at radius 2 is 1.32 bits per heavy atom. The van der Waals surface area contributed by atoms with E-state index in [1.165, 1.54) is 5.56 Å². The predicted molar refractivity (Wildman–Crippen MR) is 78.9 cm³/mol. The van der Waals surface area contributed by atoms with Gasteiger partial charge in [0, 0.05) is 6.04 Å². The van der Waals surface area contributed by atoms with Crippen LogP contribution in [0.15, 0.2) is 60.7 Å². The number of aliphatic hydroxyl groups excluding tert-OH is 1. The lowest BCUT2D eigenvalue weighted by molar-refractivity contribution is 0.232. The average Bonchev–Trinajstić information content (AvgIpc) is 2.50. The molecule has 2 N–H and O–H groups in total. The molecular formula is C17H21NO. The van der Waals surface area contributed by atoms with Gasteiger partial charge in [-0.1, -0.05) is 67.6 Å². The molecule has 0 heterocycles. The Morgan fingerprint density at radius 3 is 1.74 bits per heavy atom. The molecule has 0 aromatic heterocycles. The molecule has 100 valence electrons. The highest BCUT2D eigenvalue weighted by Gasteiger charge is 2.16. The first kappa shape index (κ1) is 13.8. The monoisotopic (exact) mass is 255 g/mol. The summed E-state index contributed by atoms with van der Waals surface area (Å²) in [6.07, 6.45) is 0.993. The van der Waals surface area contributed by atoms with Crippen molar-refractivity contribution in [3.63, 3.8) is 0 Å². The smallest absolute Gasteiger partial charge is 0.0626 e. The van der Waals surface area contributed by atoms with E-state index in [0.717, 1.165) is 12.0 Å². The molecule has 0 aliphatic carbocycles. The van der Waals surface area contributed by atoms with Crippen molar-refractivity contribution >= 4 is 0 Å². The fourth-order valence-electron chi connectivity index (χ4n) is 2.32. The maximum Gasteiger partial charge on any atom is 0.0626 e. The van der Waals surface area contributed by atoms with Crippen LogP contribution in [0.25, 0.3) is 0 Å². The SMILES string of the molecule is CCC(NC(CO)c1ccccc1)c1ccccc1. The van der Waals surface area contributed by atoms with Gasteiger partial charge in [-0.2, -0.15) is 0 Å². The molecule has 2 heteroatoms. The van der Waals surface area contributed by atoms with Gasteiger partial charge in [-0.15, -0.1) is 0 Å². The molecule has 0 saturated heterocycles. The summed E-state index contributed by atoms with van der Waals surface area (Å²) in [6.45, 7) is 2.26. The molecule has 0 fully saturated rings. The van der Waals surface area contributed by atoms with Gasteiger partial charge in [0.05, 0.1) is 12.6 Å². The third kappa shape index (κ3) is 3.66. The Kier molecular flexibility index (Phi) is 5.13. The number of benzene rings is 2. The van der Waals surface area contributed by atoms with Gasteiger partial charge in [0.15, 0.2) is 0 Å². The van der Waals surface area contributed by atoms with E-state index in [-0.39, 0.29) is 18.7 Å². The van der Waals surface area contributed by atoms with Crippen molar-refractivity contribution in [3.05, 3.63) is 71.8 Å². The quantitative estimate of drug-likeness (QED) is 0.828. The van der Waals surface area contributed by atoms with Gasteiger partial charge in [0.1, 0.15) is 0 Å². The van der Waals surface area contributed by atoms with Gasteiger partial charge in [-0.05, 0) is 17.5 Å². The zero-order valence-electron chi connectivity index (χ0n) is 11.3. The topological polar surface area (TPSA) is 32.3 Å². The van der Waals surface area contributed by atoms with Gasteiger partial charge in [0.25, 0.3) is 0 Å². The van der Waals surface area contributed by atoms with Gasteiger partial charge >= 0.3 is 0 Å². The van der Waals surface area contributed by atoms with Crippen molar-refractivity contribution in [2.24, 2.45) is 0 Å². The van der Waals surface area contributed by atoms with Crippen molar-refractivity contribution in [2.45, 2.75) is 25.4 Å². The normalized spacial score (nSPS) is 14.0. The van der Waals surface area contributed by atoms with E-state index in [9.17, 15) is 5.11 Å². The molecule has 0 bridgehead atoms. The van der Waals surface area contributed by atoms with Gasteiger partial charge in [0.2, 0.25) is 0 Å². The van der Waals surface area contributed by atoms with Crippen LogP contribution in [-0.2, 0) is 0 Å². The summed E-state index contributed by atoms with van der Waals surface area (Å²) in [5, 5.41) is 13.1. The summed E-state index contributed by atoms with van der Waals surface area (Å²) in [5.74, 6) is 0. The van der Waals surface area contributed by atoms with Crippen LogP contribution in [0, 0.1) is 0 Å². The van der Waals surface area contributed by atoms with E-state index in [1.54, 1.807) is 0 Å². The highest BCUT2D eigenvalue weighted by Crippen LogP contribution is 2.21. The second-order valence-electron chi connectivity index (χ2n) is 4.68. The van der Waals surface area contributed by atoms with Gasteiger partial charge in [-0.25, -0.2) is 0 Å². The third-order valence-corrected chi connectivity index (χ3v) is 3.40. The summed E-state index contributed by atoms with van der Waals surface area (Å²) < 4.78 is 0. The first-order valence-corrected chi connectivity index (χ1v) is 6.82. The third-order valence-electron chi connectivity index (χ3n) is 3.40. The van der Waals surface area contributed by atoms with E-state index < -0.39 is 0 Å². The molecule has 0 saturated carbocycles. The van der Waals surface area contributed by atoms with E-state index in [4.69, 9.17) is 0 Å². The maximum atomic E-state index is 9.61. The van der Waals surface area contributed by atoms with E-state index in [2.05, 4.69) is 36.5 Å². The summed E-state index contributed by atoms with van der Waals surface area (Å²) in [5.41, 5.74) is 2.39. The first-order chi connectivity index (χ1) is 9.35. The number of aliphatic hydroxyl groups is 1. The first-order valence-electron chi connectivity index (χ1n) is 6.82.